The maximum atomic E-state index is 9.84. The fourth-order valence-corrected chi connectivity index (χ4v) is 2.27. The van der Waals surface area contributed by atoms with Crippen LogP contribution >= 0.6 is 0 Å². The molecule has 0 spiro atoms. The van der Waals surface area contributed by atoms with E-state index in [4.69, 9.17) is 5.73 Å². The lowest BCUT2D eigenvalue weighted by Gasteiger charge is -2.26. The average molecular weight is 185 g/mol. The van der Waals surface area contributed by atoms with Crippen molar-refractivity contribution < 1.29 is 5.11 Å². The minimum atomic E-state index is -0.630. The number of hydrogen-bond acceptors (Lipinski definition) is 2. The summed E-state index contributed by atoms with van der Waals surface area (Å²) in [6.45, 7) is 2.25. The van der Waals surface area contributed by atoms with Gasteiger partial charge < -0.3 is 10.8 Å². The van der Waals surface area contributed by atoms with Gasteiger partial charge in [-0.1, -0.05) is 38.5 Å². The fourth-order valence-electron chi connectivity index (χ4n) is 2.27. The Kier molecular flexibility index (Phi) is 4.20. The maximum Gasteiger partial charge on any atom is 0.0744 e. The first-order chi connectivity index (χ1) is 6.14. The Morgan fingerprint density at radius 3 is 2.23 bits per heavy atom. The third kappa shape index (κ3) is 4.10. The maximum absolute atomic E-state index is 9.84. The van der Waals surface area contributed by atoms with E-state index in [1.807, 2.05) is 6.92 Å². The van der Waals surface area contributed by atoms with Crippen LogP contribution in [0, 0.1) is 5.92 Å². The van der Waals surface area contributed by atoms with Crippen molar-refractivity contribution in [3.05, 3.63) is 0 Å². The standard InChI is InChI=1S/C11H23NO/c1-11(13,9-12)8-10-6-4-2-3-5-7-10/h10,13H,2-9,12H2,1H3. The van der Waals surface area contributed by atoms with Crippen LogP contribution in [-0.2, 0) is 0 Å². The van der Waals surface area contributed by atoms with Gasteiger partial charge in [-0.15, -0.1) is 0 Å². The summed E-state index contributed by atoms with van der Waals surface area (Å²) in [5.41, 5.74) is 4.88. The summed E-state index contributed by atoms with van der Waals surface area (Å²) in [6, 6.07) is 0. The van der Waals surface area contributed by atoms with Crippen LogP contribution in [0.4, 0.5) is 0 Å². The normalized spacial score (nSPS) is 25.2. The molecule has 0 saturated heterocycles. The molecule has 0 aliphatic heterocycles. The summed E-state index contributed by atoms with van der Waals surface area (Å²) in [6.07, 6.45) is 8.90. The van der Waals surface area contributed by atoms with Crippen LogP contribution in [0.15, 0.2) is 0 Å². The minimum absolute atomic E-state index is 0.392. The zero-order chi connectivity index (χ0) is 9.73. The SMILES string of the molecule is CC(O)(CN)CC1CCCCCC1. The predicted octanol–water partition coefficient (Wildman–Crippen LogP) is 2.06. The molecule has 2 heteroatoms. The predicted molar refractivity (Wildman–Crippen MR) is 55.5 cm³/mol. The van der Waals surface area contributed by atoms with Crippen LogP contribution in [0.1, 0.15) is 51.9 Å². The van der Waals surface area contributed by atoms with Gasteiger partial charge in [0.2, 0.25) is 0 Å². The molecule has 1 aliphatic carbocycles. The Morgan fingerprint density at radius 1 is 1.23 bits per heavy atom. The molecule has 0 amide bonds. The quantitative estimate of drug-likeness (QED) is 0.661. The second kappa shape index (κ2) is 4.97. The first-order valence-corrected chi connectivity index (χ1v) is 5.56. The Morgan fingerprint density at radius 2 is 1.77 bits per heavy atom. The van der Waals surface area contributed by atoms with Gasteiger partial charge >= 0.3 is 0 Å². The van der Waals surface area contributed by atoms with E-state index >= 15 is 0 Å². The molecule has 2 nitrogen and oxygen atoms in total. The van der Waals surface area contributed by atoms with Crippen molar-refractivity contribution in [2.75, 3.05) is 6.54 Å². The van der Waals surface area contributed by atoms with Gasteiger partial charge in [0.1, 0.15) is 0 Å². The lowest BCUT2D eigenvalue weighted by Crippen LogP contribution is -2.36. The van der Waals surface area contributed by atoms with Crippen LogP contribution in [0.2, 0.25) is 0 Å². The Balaban J connectivity index is 2.33. The summed E-state index contributed by atoms with van der Waals surface area (Å²) >= 11 is 0. The van der Waals surface area contributed by atoms with Crippen LogP contribution in [0.25, 0.3) is 0 Å². The highest BCUT2D eigenvalue weighted by atomic mass is 16.3. The number of nitrogens with two attached hydrogens (primary N) is 1. The monoisotopic (exact) mass is 185 g/mol. The molecule has 13 heavy (non-hydrogen) atoms. The summed E-state index contributed by atoms with van der Waals surface area (Å²) in [4.78, 5) is 0. The smallest absolute Gasteiger partial charge is 0.0744 e. The average Bonchev–Trinajstić information content (AvgIpc) is 2.32. The van der Waals surface area contributed by atoms with E-state index in [0.717, 1.165) is 6.42 Å². The molecule has 78 valence electrons. The Hall–Kier alpha value is -0.0800. The third-order valence-corrected chi connectivity index (χ3v) is 3.14. The molecule has 3 N–H and O–H groups in total. The van der Waals surface area contributed by atoms with Crippen LogP contribution in [0.5, 0.6) is 0 Å². The number of aliphatic hydroxyl groups is 1. The van der Waals surface area contributed by atoms with Gasteiger partial charge in [0.15, 0.2) is 0 Å². The van der Waals surface area contributed by atoms with E-state index in [-0.39, 0.29) is 0 Å². The number of hydrogen-bond donors (Lipinski definition) is 2. The topological polar surface area (TPSA) is 46.2 Å². The van der Waals surface area contributed by atoms with Crippen molar-refractivity contribution in [1.29, 1.82) is 0 Å². The van der Waals surface area contributed by atoms with Gasteiger partial charge in [0.25, 0.3) is 0 Å². The zero-order valence-electron chi connectivity index (χ0n) is 8.76. The molecule has 0 aromatic rings. The van der Waals surface area contributed by atoms with Gasteiger partial charge in [-0.05, 0) is 19.3 Å². The molecule has 1 unspecified atom stereocenters. The van der Waals surface area contributed by atoms with Crippen LogP contribution in [0.3, 0.4) is 0 Å². The molecule has 1 atom stereocenters. The molecule has 1 saturated carbocycles. The molecular weight excluding hydrogens is 162 g/mol. The lowest BCUT2D eigenvalue weighted by atomic mass is 9.87. The summed E-state index contributed by atoms with van der Waals surface area (Å²) in [7, 11) is 0. The van der Waals surface area contributed by atoms with E-state index in [1.54, 1.807) is 0 Å². The molecule has 0 radical (unpaired) electrons. The molecular formula is C11H23NO. The molecule has 1 aliphatic rings. The highest BCUT2D eigenvalue weighted by Gasteiger charge is 2.24. The van der Waals surface area contributed by atoms with Crippen molar-refractivity contribution in [2.24, 2.45) is 11.7 Å². The minimum Gasteiger partial charge on any atom is -0.389 e. The molecule has 0 aromatic heterocycles. The van der Waals surface area contributed by atoms with Gasteiger partial charge in [0, 0.05) is 6.54 Å². The first kappa shape index (κ1) is 11.0. The van der Waals surface area contributed by atoms with Crippen molar-refractivity contribution in [1.82, 2.24) is 0 Å². The van der Waals surface area contributed by atoms with Crippen LogP contribution in [-0.4, -0.2) is 17.3 Å². The zero-order valence-corrected chi connectivity index (χ0v) is 8.76. The van der Waals surface area contributed by atoms with Crippen molar-refractivity contribution >= 4 is 0 Å². The van der Waals surface area contributed by atoms with Gasteiger partial charge in [-0.3, -0.25) is 0 Å². The fraction of sp³-hybridized carbons (Fsp3) is 1.00. The van der Waals surface area contributed by atoms with E-state index in [1.165, 1.54) is 38.5 Å². The lowest BCUT2D eigenvalue weighted by molar-refractivity contribution is 0.0398. The third-order valence-electron chi connectivity index (χ3n) is 3.14. The first-order valence-electron chi connectivity index (χ1n) is 5.56. The van der Waals surface area contributed by atoms with E-state index < -0.39 is 5.60 Å². The van der Waals surface area contributed by atoms with E-state index in [2.05, 4.69) is 0 Å². The molecule has 1 fully saturated rings. The molecule has 0 bridgehead atoms. The highest BCUT2D eigenvalue weighted by molar-refractivity contribution is 4.78. The number of rotatable bonds is 3. The highest BCUT2D eigenvalue weighted by Crippen LogP contribution is 2.29. The van der Waals surface area contributed by atoms with Gasteiger partial charge in [0.05, 0.1) is 5.60 Å². The van der Waals surface area contributed by atoms with Crippen molar-refractivity contribution in [3.8, 4) is 0 Å². The largest absolute Gasteiger partial charge is 0.389 e. The van der Waals surface area contributed by atoms with E-state index in [0.29, 0.717) is 12.5 Å². The van der Waals surface area contributed by atoms with Crippen molar-refractivity contribution in [2.45, 2.75) is 57.5 Å². The summed E-state index contributed by atoms with van der Waals surface area (Å²) < 4.78 is 0. The second-order valence-corrected chi connectivity index (χ2v) is 4.76. The Bertz CT molecular complexity index is 137. The second-order valence-electron chi connectivity index (χ2n) is 4.76. The van der Waals surface area contributed by atoms with Crippen LogP contribution < -0.4 is 5.73 Å². The summed E-state index contributed by atoms with van der Waals surface area (Å²) in [5.74, 6) is 0.709. The molecule has 0 aromatic carbocycles. The van der Waals surface area contributed by atoms with Crippen molar-refractivity contribution in [3.63, 3.8) is 0 Å². The van der Waals surface area contributed by atoms with Gasteiger partial charge in [-0.25, -0.2) is 0 Å². The van der Waals surface area contributed by atoms with Gasteiger partial charge in [-0.2, -0.15) is 0 Å². The Labute approximate surface area is 81.5 Å². The molecule has 0 heterocycles. The summed E-state index contributed by atoms with van der Waals surface area (Å²) in [5, 5.41) is 9.84. The molecule has 1 rings (SSSR count). The van der Waals surface area contributed by atoms with E-state index in [9.17, 15) is 5.11 Å².